The molecule has 0 N–H and O–H groups in total. The molecule has 0 aromatic rings. The molecule has 0 saturated carbocycles. The third-order valence-electron chi connectivity index (χ3n) is 2.70. The minimum atomic E-state index is -1.54. The average Bonchev–Trinajstić information content (AvgIpc) is 2.70. The maximum absolute atomic E-state index is 12.0. The van der Waals surface area contributed by atoms with Crippen molar-refractivity contribution in [2.24, 2.45) is 0 Å². The first-order valence-electron chi connectivity index (χ1n) is 5.77. The van der Waals surface area contributed by atoms with Crippen molar-refractivity contribution in [3.8, 4) is 6.07 Å². The Morgan fingerprint density at radius 2 is 2.00 bits per heavy atom. The molecular weight excluding hydrogens is 236 g/mol. The first-order chi connectivity index (χ1) is 8.27. The number of amides is 1. The summed E-state index contributed by atoms with van der Waals surface area (Å²) in [6.07, 6.45) is 0.184. The smallest absolute Gasteiger partial charge is 0.412 e. The van der Waals surface area contributed by atoms with Gasteiger partial charge in [0.15, 0.2) is 0 Å². The summed E-state index contributed by atoms with van der Waals surface area (Å²) < 4.78 is 9.83. The van der Waals surface area contributed by atoms with Gasteiger partial charge in [0.05, 0.1) is 7.11 Å². The van der Waals surface area contributed by atoms with Crippen LogP contribution in [0.25, 0.3) is 0 Å². The lowest BCUT2D eigenvalue weighted by Gasteiger charge is -2.31. The SMILES string of the molecule is COC(=O)C1(C#N)CCCN1C(=O)OC(C)(C)C. The van der Waals surface area contributed by atoms with Crippen LogP contribution in [0.4, 0.5) is 4.79 Å². The Morgan fingerprint density at radius 3 is 2.44 bits per heavy atom. The highest BCUT2D eigenvalue weighted by atomic mass is 16.6. The number of rotatable bonds is 1. The van der Waals surface area contributed by atoms with E-state index in [0.717, 1.165) is 4.90 Å². The molecule has 0 radical (unpaired) electrons. The number of nitrogens with zero attached hydrogens (tertiary/aromatic N) is 2. The number of carbonyl (C=O) groups is 2. The van der Waals surface area contributed by atoms with Crippen LogP contribution in [-0.2, 0) is 14.3 Å². The molecule has 6 nitrogen and oxygen atoms in total. The zero-order valence-corrected chi connectivity index (χ0v) is 11.1. The Kier molecular flexibility index (Phi) is 3.85. The van der Waals surface area contributed by atoms with Gasteiger partial charge in [0, 0.05) is 6.54 Å². The predicted molar refractivity (Wildman–Crippen MR) is 62.5 cm³/mol. The molecule has 1 amide bonds. The number of methoxy groups -OCH3 is 1. The summed E-state index contributed by atoms with van der Waals surface area (Å²) in [4.78, 5) is 24.9. The third kappa shape index (κ3) is 2.55. The van der Waals surface area contributed by atoms with E-state index in [1.807, 2.05) is 6.07 Å². The molecule has 1 fully saturated rings. The molecular formula is C12H18N2O4. The van der Waals surface area contributed by atoms with Gasteiger partial charge in [0.1, 0.15) is 11.7 Å². The lowest BCUT2D eigenvalue weighted by atomic mass is 9.99. The van der Waals surface area contributed by atoms with E-state index in [1.165, 1.54) is 7.11 Å². The summed E-state index contributed by atoms with van der Waals surface area (Å²) >= 11 is 0. The van der Waals surface area contributed by atoms with Crippen molar-refractivity contribution in [1.82, 2.24) is 4.90 Å². The third-order valence-corrected chi connectivity index (χ3v) is 2.70. The number of carbonyl (C=O) groups excluding carboxylic acids is 2. The Balaban J connectivity index is 2.97. The largest absolute Gasteiger partial charge is 0.466 e. The van der Waals surface area contributed by atoms with E-state index in [4.69, 9.17) is 4.74 Å². The van der Waals surface area contributed by atoms with Crippen LogP contribution in [0.15, 0.2) is 0 Å². The van der Waals surface area contributed by atoms with Gasteiger partial charge in [0.2, 0.25) is 5.54 Å². The molecule has 0 aromatic heterocycles. The van der Waals surface area contributed by atoms with Crippen LogP contribution in [0.3, 0.4) is 0 Å². The zero-order chi connectivity index (χ0) is 14.0. The van der Waals surface area contributed by atoms with Crippen LogP contribution in [-0.4, -0.2) is 41.8 Å². The van der Waals surface area contributed by atoms with Crippen LogP contribution in [0.5, 0.6) is 0 Å². The van der Waals surface area contributed by atoms with Gasteiger partial charge in [-0.1, -0.05) is 0 Å². The Morgan fingerprint density at radius 1 is 1.39 bits per heavy atom. The van der Waals surface area contributed by atoms with Crippen LogP contribution < -0.4 is 0 Å². The number of esters is 1. The maximum Gasteiger partial charge on any atom is 0.412 e. The van der Waals surface area contributed by atoms with E-state index < -0.39 is 23.2 Å². The van der Waals surface area contributed by atoms with E-state index >= 15 is 0 Å². The second kappa shape index (κ2) is 4.84. The van der Waals surface area contributed by atoms with Crippen molar-refractivity contribution < 1.29 is 19.1 Å². The molecule has 0 aromatic carbocycles. The molecule has 1 saturated heterocycles. The highest BCUT2D eigenvalue weighted by Gasteiger charge is 2.52. The fourth-order valence-corrected chi connectivity index (χ4v) is 1.93. The fraction of sp³-hybridized carbons (Fsp3) is 0.750. The van der Waals surface area contributed by atoms with E-state index in [2.05, 4.69) is 4.74 Å². The molecule has 1 rings (SSSR count). The molecule has 6 heteroatoms. The summed E-state index contributed by atoms with van der Waals surface area (Å²) in [5.74, 6) is -0.714. The van der Waals surface area contributed by atoms with Gasteiger partial charge in [-0.2, -0.15) is 5.26 Å². The monoisotopic (exact) mass is 254 g/mol. The molecule has 18 heavy (non-hydrogen) atoms. The number of nitriles is 1. The molecule has 1 aliphatic rings. The summed E-state index contributed by atoms with van der Waals surface area (Å²) in [6, 6.07) is 1.90. The van der Waals surface area contributed by atoms with Crippen LogP contribution >= 0.6 is 0 Å². The van der Waals surface area contributed by atoms with Gasteiger partial charge < -0.3 is 9.47 Å². The average molecular weight is 254 g/mol. The molecule has 1 heterocycles. The van der Waals surface area contributed by atoms with Crippen LogP contribution in [0.2, 0.25) is 0 Å². The molecule has 0 aliphatic carbocycles. The van der Waals surface area contributed by atoms with Crippen molar-refractivity contribution in [2.75, 3.05) is 13.7 Å². The minimum Gasteiger partial charge on any atom is -0.466 e. The quantitative estimate of drug-likeness (QED) is 0.662. The Bertz CT molecular complexity index is 394. The fourth-order valence-electron chi connectivity index (χ4n) is 1.93. The zero-order valence-electron chi connectivity index (χ0n) is 11.1. The van der Waals surface area contributed by atoms with Crippen LogP contribution in [0.1, 0.15) is 33.6 Å². The number of hydrogen-bond acceptors (Lipinski definition) is 5. The number of likely N-dealkylation sites (tertiary alicyclic amines) is 1. The van der Waals surface area contributed by atoms with E-state index in [-0.39, 0.29) is 6.42 Å². The van der Waals surface area contributed by atoms with E-state index in [1.54, 1.807) is 20.8 Å². The van der Waals surface area contributed by atoms with E-state index in [0.29, 0.717) is 13.0 Å². The Labute approximate surface area is 106 Å². The normalized spacial score (nSPS) is 23.4. The highest BCUT2D eigenvalue weighted by molar-refractivity contribution is 5.89. The van der Waals surface area contributed by atoms with Crippen molar-refractivity contribution in [1.29, 1.82) is 5.26 Å². The van der Waals surface area contributed by atoms with Crippen molar-refractivity contribution in [3.05, 3.63) is 0 Å². The summed E-state index contributed by atoms with van der Waals surface area (Å²) in [5, 5.41) is 9.24. The molecule has 100 valence electrons. The van der Waals surface area contributed by atoms with E-state index in [9.17, 15) is 14.9 Å². The number of ether oxygens (including phenoxy) is 2. The first-order valence-corrected chi connectivity index (χ1v) is 5.77. The summed E-state index contributed by atoms with van der Waals surface area (Å²) in [7, 11) is 1.20. The Hall–Kier alpha value is -1.77. The van der Waals surface area contributed by atoms with Gasteiger partial charge in [-0.25, -0.2) is 9.59 Å². The standard InChI is InChI=1S/C12H18N2O4/c1-11(2,3)18-10(16)14-7-5-6-12(14,8-13)9(15)17-4/h5-7H2,1-4H3. The molecule has 0 spiro atoms. The molecule has 1 aliphatic heterocycles. The summed E-state index contributed by atoms with van der Waals surface area (Å²) in [6.45, 7) is 5.51. The van der Waals surface area contributed by atoms with Gasteiger partial charge in [0.25, 0.3) is 0 Å². The lowest BCUT2D eigenvalue weighted by molar-refractivity contribution is -0.149. The van der Waals surface area contributed by atoms with Gasteiger partial charge in [-0.15, -0.1) is 0 Å². The first kappa shape index (κ1) is 14.3. The summed E-state index contributed by atoms with van der Waals surface area (Å²) in [5.41, 5.74) is -2.21. The van der Waals surface area contributed by atoms with Crippen molar-refractivity contribution >= 4 is 12.1 Å². The molecule has 1 atom stereocenters. The van der Waals surface area contributed by atoms with Gasteiger partial charge in [-0.05, 0) is 33.6 Å². The minimum absolute atomic E-state index is 0.273. The maximum atomic E-state index is 12.0. The van der Waals surface area contributed by atoms with Gasteiger partial charge >= 0.3 is 12.1 Å². The topological polar surface area (TPSA) is 79.6 Å². The lowest BCUT2D eigenvalue weighted by Crippen LogP contribution is -2.53. The number of hydrogen-bond donors (Lipinski definition) is 0. The second-order valence-electron chi connectivity index (χ2n) is 5.20. The van der Waals surface area contributed by atoms with Crippen molar-refractivity contribution in [3.63, 3.8) is 0 Å². The second-order valence-corrected chi connectivity index (χ2v) is 5.20. The molecule has 0 bridgehead atoms. The van der Waals surface area contributed by atoms with Crippen molar-refractivity contribution in [2.45, 2.75) is 44.8 Å². The highest BCUT2D eigenvalue weighted by Crippen LogP contribution is 2.31. The van der Waals surface area contributed by atoms with Crippen LogP contribution in [0, 0.1) is 11.3 Å². The van der Waals surface area contributed by atoms with Gasteiger partial charge in [-0.3, -0.25) is 4.90 Å². The predicted octanol–water partition coefficient (Wildman–Crippen LogP) is 1.45. The molecule has 1 unspecified atom stereocenters.